The number of nitrogens with zero attached hydrogens (tertiary/aromatic N) is 3. The van der Waals surface area contributed by atoms with Crippen LogP contribution in [0.4, 0.5) is 17.6 Å². The van der Waals surface area contributed by atoms with Crippen LogP contribution in [-0.4, -0.2) is 9.78 Å². The van der Waals surface area contributed by atoms with Crippen molar-refractivity contribution in [2.75, 3.05) is 0 Å². The fraction of sp³-hybridized carbons (Fsp3) is 0. The summed E-state index contributed by atoms with van der Waals surface area (Å²) in [6.07, 6.45) is 1.07. The third-order valence-electron chi connectivity index (χ3n) is 2.02. The van der Waals surface area contributed by atoms with Gasteiger partial charge in [-0.2, -0.15) is 10.4 Å². The van der Waals surface area contributed by atoms with Gasteiger partial charge >= 0.3 is 0 Å². The lowest BCUT2D eigenvalue weighted by molar-refractivity contribution is 0.428. The predicted octanol–water partition coefficient (Wildman–Crippen LogP) is 2.30. The van der Waals surface area contributed by atoms with Crippen LogP contribution in [0, 0.1) is 34.6 Å². The van der Waals surface area contributed by atoms with Gasteiger partial charge in [0.15, 0.2) is 29.0 Å². The van der Waals surface area contributed by atoms with Crippen molar-refractivity contribution < 1.29 is 17.6 Å². The Balaban J connectivity index is 2.68. The fourth-order valence-corrected chi connectivity index (χ4v) is 1.27. The van der Waals surface area contributed by atoms with Gasteiger partial charge in [-0.1, -0.05) is 0 Å². The van der Waals surface area contributed by atoms with Crippen LogP contribution in [0.5, 0.6) is 0 Å². The maximum atomic E-state index is 13.3. The third kappa shape index (κ3) is 1.73. The lowest BCUT2D eigenvalue weighted by Crippen LogP contribution is -2.06. The number of halogens is 4. The van der Waals surface area contributed by atoms with Gasteiger partial charge in [-0.25, -0.2) is 22.2 Å². The Hall–Kier alpha value is -2.36. The summed E-state index contributed by atoms with van der Waals surface area (Å²) in [5.74, 6) is -6.43. The molecule has 0 atom stereocenters. The molecule has 0 aliphatic rings. The van der Waals surface area contributed by atoms with Crippen molar-refractivity contribution in [2.24, 2.45) is 0 Å². The molecule has 0 amide bonds. The first-order valence-electron chi connectivity index (χ1n) is 4.33. The molecule has 1 aromatic heterocycles. The van der Waals surface area contributed by atoms with Crippen LogP contribution < -0.4 is 0 Å². The van der Waals surface area contributed by atoms with E-state index in [1.54, 1.807) is 6.07 Å². The second-order valence-corrected chi connectivity index (χ2v) is 3.07. The number of nitriles is 1. The first kappa shape index (κ1) is 11.1. The lowest BCUT2D eigenvalue weighted by atomic mass is 10.2. The van der Waals surface area contributed by atoms with Crippen LogP contribution in [0.25, 0.3) is 5.69 Å². The third-order valence-corrected chi connectivity index (χ3v) is 2.02. The minimum atomic E-state index is -1.80. The molecule has 0 spiro atoms. The summed E-state index contributed by atoms with van der Waals surface area (Å²) >= 11 is 0. The molecule has 1 heterocycles. The first-order valence-corrected chi connectivity index (χ1v) is 4.33. The van der Waals surface area contributed by atoms with E-state index in [1.807, 2.05) is 0 Å². The van der Waals surface area contributed by atoms with E-state index in [0.29, 0.717) is 4.68 Å². The first-order chi connectivity index (χ1) is 8.04. The zero-order chi connectivity index (χ0) is 12.6. The molecule has 0 fully saturated rings. The van der Waals surface area contributed by atoms with E-state index < -0.39 is 29.0 Å². The van der Waals surface area contributed by atoms with Gasteiger partial charge in [0.1, 0.15) is 11.8 Å². The molecule has 17 heavy (non-hydrogen) atoms. The van der Waals surface area contributed by atoms with E-state index in [9.17, 15) is 17.6 Å². The number of aromatic nitrogens is 2. The summed E-state index contributed by atoms with van der Waals surface area (Å²) in [4.78, 5) is 0. The van der Waals surface area contributed by atoms with Crippen molar-refractivity contribution in [3.05, 3.63) is 47.3 Å². The molecule has 3 nitrogen and oxygen atoms in total. The molecule has 0 N–H and O–H groups in total. The molecular formula is C10H3F4N3. The monoisotopic (exact) mass is 241 g/mol. The Bertz CT molecular complexity index is 627. The normalized spacial score (nSPS) is 10.3. The van der Waals surface area contributed by atoms with E-state index in [0.717, 1.165) is 6.20 Å². The summed E-state index contributed by atoms with van der Waals surface area (Å²) in [6.45, 7) is 0. The second kappa shape index (κ2) is 3.90. The highest BCUT2D eigenvalue weighted by Gasteiger charge is 2.21. The van der Waals surface area contributed by atoms with Crippen LogP contribution in [0.3, 0.4) is 0 Å². The maximum absolute atomic E-state index is 13.3. The zero-order valence-electron chi connectivity index (χ0n) is 8.09. The molecule has 1 aromatic carbocycles. The minimum absolute atomic E-state index is 0.103. The van der Waals surface area contributed by atoms with E-state index >= 15 is 0 Å². The van der Waals surface area contributed by atoms with Crippen molar-refractivity contribution in [3.8, 4) is 11.8 Å². The molecule has 0 aliphatic heterocycles. The van der Waals surface area contributed by atoms with E-state index in [4.69, 9.17) is 5.26 Å². The number of hydrogen-bond donors (Lipinski definition) is 0. The molecule has 0 aliphatic carbocycles. The quantitative estimate of drug-likeness (QED) is 0.436. The van der Waals surface area contributed by atoms with Crippen molar-refractivity contribution in [1.82, 2.24) is 9.78 Å². The zero-order valence-corrected chi connectivity index (χ0v) is 8.09. The van der Waals surface area contributed by atoms with Crippen molar-refractivity contribution in [3.63, 3.8) is 0 Å². The molecule has 0 bridgehead atoms. The molecule has 86 valence electrons. The predicted molar refractivity (Wildman–Crippen MR) is 48.1 cm³/mol. The Labute approximate surface area is 92.5 Å². The fourth-order valence-electron chi connectivity index (χ4n) is 1.27. The SMILES string of the molecule is N#Cc1ccn(-c2c(F)cc(F)c(F)c2F)n1. The molecule has 0 saturated carbocycles. The number of hydrogen-bond acceptors (Lipinski definition) is 2. The van der Waals surface area contributed by atoms with Crippen LogP contribution in [0.15, 0.2) is 18.3 Å². The Morgan fingerprint density at radius 3 is 2.41 bits per heavy atom. The van der Waals surface area contributed by atoms with Gasteiger partial charge < -0.3 is 0 Å². The highest BCUT2D eigenvalue weighted by atomic mass is 19.2. The average molecular weight is 241 g/mol. The van der Waals surface area contributed by atoms with Gasteiger partial charge in [-0.3, -0.25) is 0 Å². The molecule has 7 heteroatoms. The smallest absolute Gasteiger partial charge is 0.196 e. The average Bonchev–Trinajstić information content (AvgIpc) is 2.74. The van der Waals surface area contributed by atoms with Gasteiger partial charge in [0.2, 0.25) is 0 Å². The van der Waals surface area contributed by atoms with Crippen molar-refractivity contribution in [1.29, 1.82) is 5.26 Å². The Morgan fingerprint density at radius 2 is 1.82 bits per heavy atom. The van der Waals surface area contributed by atoms with Gasteiger partial charge in [0.05, 0.1) is 0 Å². The summed E-state index contributed by atoms with van der Waals surface area (Å²) in [6, 6.07) is 3.03. The van der Waals surface area contributed by atoms with Crippen LogP contribution in [0.1, 0.15) is 5.69 Å². The number of benzene rings is 1. The molecule has 2 aromatic rings. The van der Waals surface area contributed by atoms with Crippen molar-refractivity contribution >= 4 is 0 Å². The minimum Gasteiger partial charge on any atom is -0.234 e. The van der Waals surface area contributed by atoms with Crippen molar-refractivity contribution in [2.45, 2.75) is 0 Å². The van der Waals surface area contributed by atoms with Gasteiger partial charge in [-0.15, -0.1) is 0 Å². The van der Waals surface area contributed by atoms with Crippen LogP contribution in [0.2, 0.25) is 0 Å². The lowest BCUT2D eigenvalue weighted by Gasteiger charge is -2.05. The number of rotatable bonds is 1. The van der Waals surface area contributed by atoms with E-state index in [-0.39, 0.29) is 11.8 Å². The Morgan fingerprint density at radius 1 is 1.12 bits per heavy atom. The highest BCUT2D eigenvalue weighted by molar-refractivity contribution is 5.36. The summed E-state index contributed by atoms with van der Waals surface area (Å²) < 4.78 is 52.8. The molecule has 0 saturated heterocycles. The van der Waals surface area contributed by atoms with E-state index in [2.05, 4.69) is 5.10 Å². The van der Waals surface area contributed by atoms with Crippen LogP contribution in [-0.2, 0) is 0 Å². The second-order valence-electron chi connectivity index (χ2n) is 3.07. The molecule has 0 radical (unpaired) electrons. The topological polar surface area (TPSA) is 41.6 Å². The Kier molecular flexibility index (Phi) is 2.55. The van der Waals surface area contributed by atoms with Gasteiger partial charge in [0.25, 0.3) is 0 Å². The van der Waals surface area contributed by atoms with E-state index in [1.165, 1.54) is 6.07 Å². The maximum Gasteiger partial charge on any atom is 0.196 e. The molecule has 2 rings (SSSR count). The summed E-state index contributed by atoms with van der Waals surface area (Å²) in [7, 11) is 0. The highest BCUT2D eigenvalue weighted by Crippen LogP contribution is 2.22. The van der Waals surface area contributed by atoms with Crippen LogP contribution >= 0.6 is 0 Å². The van der Waals surface area contributed by atoms with Gasteiger partial charge in [-0.05, 0) is 6.07 Å². The molecular weight excluding hydrogens is 238 g/mol. The largest absolute Gasteiger partial charge is 0.234 e. The summed E-state index contributed by atoms with van der Waals surface area (Å²) in [5.41, 5.74) is -0.973. The molecule has 0 unspecified atom stereocenters. The standard InChI is InChI=1S/C10H3F4N3/c11-6-3-7(12)10(9(14)8(6)13)17-2-1-5(4-15)16-17/h1-3H. The summed E-state index contributed by atoms with van der Waals surface area (Å²) in [5, 5.41) is 12.0. The van der Waals surface area contributed by atoms with Gasteiger partial charge in [0, 0.05) is 12.3 Å².